The number of rotatable bonds is 41. The highest BCUT2D eigenvalue weighted by Gasteiger charge is 2.51. The maximum absolute atomic E-state index is 13.4. The summed E-state index contributed by atoms with van der Waals surface area (Å²) in [6.45, 7) is 2.38. The van der Waals surface area contributed by atoms with E-state index in [4.69, 9.17) is 18.9 Å². The Morgan fingerprint density at radius 2 is 0.879 bits per heavy atom. The molecule has 0 bridgehead atoms. The van der Waals surface area contributed by atoms with E-state index in [1.54, 1.807) is 0 Å². The molecule has 0 unspecified atom stereocenters. The maximum atomic E-state index is 13.4. The van der Waals surface area contributed by atoms with Crippen LogP contribution in [0.1, 0.15) is 206 Å². The standard InChI is InChI=1S/C50H97NO15/c1-3-5-7-9-11-13-15-16-17-18-19-20-21-22-24-26-28-30-32-38(55)48(62)51-36(41(56)37(54)31-29-27-25-23-14-12-10-8-6-4-2)35-63-50-47(45(60)43(58)40(34-53)65-50)66-49-46(61)44(59)42(57)39(33-52)64-49/h36-47,49-50,52-61H,3-35H2,1-2H3,(H,51,62)/t36-,37+,38+,39+,40+,41-,42-,43-,44-,45-,46+,47+,49+,50-/m0/s1. The first-order valence-corrected chi connectivity index (χ1v) is 26.5. The first-order chi connectivity index (χ1) is 31.9. The van der Waals surface area contributed by atoms with E-state index in [1.165, 1.54) is 116 Å². The Balaban J connectivity index is 1.93. The van der Waals surface area contributed by atoms with Gasteiger partial charge in [0.15, 0.2) is 12.6 Å². The second-order valence-electron chi connectivity index (χ2n) is 19.3. The normalized spacial score (nSPS) is 27.7. The lowest BCUT2D eigenvalue weighted by Gasteiger charge is -2.46. The van der Waals surface area contributed by atoms with Gasteiger partial charge in [-0.3, -0.25) is 4.79 Å². The van der Waals surface area contributed by atoms with Crippen molar-refractivity contribution in [3.63, 3.8) is 0 Å². The van der Waals surface area contributed by atoms with Crippen LogP contribution in [0.2, 0.25) is 0 Å². The maximum Gasteiger partial charge on any atom is 0.249 e. The van der Waals surface area contributed by atoms with Crippen molar-refractivity contribution >= 4 is 5.91 Å². The van der Waals surface area contributed by atoms with E-state index in [2.05, 4.69) is 19.2 Å². The topological polar surface area (TPSA) is 268 Å². The van der Waals surface area contributed by atoms with Crippen LogP contribution in [0, 0.1) is 0 Å². The van der Waals surface area contributed by atoms with Crippen LogP contribution in [0.15, 0.2) is 0 Å². The predicted octanol–water partition coefficient (Wildman–Crippen LogP) is 4.94. The molecule has 16 nitrogen and oxygen atoms in total. The van der Waals surface area contributed by atoms with Gasteiger partial charge in [-0.05, 0) is 12.8 Å². The lowest BCUT2D eigenvalue weighted by molar-refractivity contribution is -0.368. The third-order valence-electron chi connectivity index (χ3n) is 13.5. The number of amides is 1. The second-order valence-corrected chi connectivity index (χ2v) is 19.3. The molecule has 0 aromatic rings. The average molecular weight is 952 g/mol. The quantitative estimate of drug-likeness (QED) is 0.0363. The van der Waals surface area contributed by atoms with Crippen LogP contribution in [0.4, 0.5) is 0 Å². The molecule has 0 aromatic carbocycles. The molecule has 2 heterocycles. The summed E-state index contributed by atoms with van der Waals surface area (Å²) in [5, 5.41) is 109. The molecular formula is C50H97NO15. The molecule has 0 radical (unpaired) electrons. The predicted molar refractivity (Wildman–Crippen MR) is 252 cm³/mol. The molecule has 2 fully saturated rings. The highest BCUT2D eigenvalue weighted by molar-refractivity contribution is 5.80. The van der Waals surface area contributed by atoms with Crippen LogP contribution >= 0.6 is 0 Å². The first kappa shape index (κ1) is 61.0. The summed E-state index contributed by atoms with van der Waals surface area (Å²) in [5.41, 5.74) is 0. The van der Waals surface area contributed by atoms with Gasteiger partial charge in [-0.15, -0.1) is 0 Å². The Morgan fingerprint density at radius 1 is 0.500 bits per heavy atom. The molecular weight excluding hydrogens is 855 g/mol. The van der Waals surface area contributed by atoms with E-state index < -0.39 is 111 Å². The largest absolute Gasteiger partial charge is 0.394 e. The van der Waals surface area contributed by atoms with Crippen molar-refractivity contribution in [1.82, 2.24) is 5.32 Å². The zero-order valence-electron chi connectivity index (χ0n) is 40.9. The molecule has 0 aliphatic carbocycles. The minimum absolute atomic E-state index is 0.193. The van der Waals surface area contributed by atoms with Gasteiger partial charge in [0.2, 0.25) is 5.91 Å². The molecule has 392 valence electrons. The molecule has 0 aromatic heterocycles. The van der Waals surface area contributed by atoms with Gasteiger partial charge in [-0.1, -0.05) is 194 Å². The number of carbonyl (C=O) groups excluding carboxylic acids is 1. The zero-order valence-corrected chi connectivity index (χ0v) is 40.9. The van der Waals surface area contributed by atoms with Gasteiger partial charge in [-0.25, -0.2) is 0 Å². The number of ether oxygens (including phenoxy) is 4. The van der Waals surface area contributed by atoms with Gasteiger partial charge in [-0.2, -0.15) is 0 Å². The van der Waals surface area contributed by atoms with E-state index in [1.807, 2.05) is 0 Å². The van der Waals surface area contributed by atoms with Gasteiger partial charge in [0, 0.05) is 0 Å². The Kier molecular flexibility index (Phi) is 34.9. The Labute approximate surface area is 397 Å². The van der Waals surface area contributed by atoms with E-state index in [0.29, 0.717) is 12.8 Å². The van der Waals surface area contributed by atoms with Crippen molar-refractivity contribution in [3.05, 3.63) is 0 Å². The summed E-state index contributed by atoms with van der Waals surface area (Å²) in [6, 6.07) is -1.31. The Morgan fingerprint density at radius 3 is 1.30 bits per heavy atom. The highest BCUT2D eigenvalue weighted by atomic mass is 16.8. The lowest BCUT2D eigenvalue weighted by atomic mass is 9.97. The van der Waals surface area contributed by atoms with Crippen LogP contribution in [0.25, 0.3) is 0 Å². The fraction of sp³-hybridized carbons (Fsp3) is 0.980. The molecule has 0 saturated carbocycles. The van der Waals surface area contributed by atoms with Crippen LogP contribution in [-0.4, -0.2) is 163 Å². The number of nitrogens with one attached hydrogen (secondary N) is 1. The fourth-order valence-corrected chi connectivity index (χ4v) is 9.02. The molecule has 2 rings (SSSR count). The van der Waals surface area contributed by atoms with Gasteiger partial charge < -0.3 is 75.3 Å². The summed E-state index contributed by atoms with van der Waals surface area (Å²) < 4.78 is 22.9. The number of hydrogen-bond donors (Lipinski definition) is 11. The monoisotopic (exact) mass is 952 g/mol. The van der Waals surface area contributed by atoms with Gasteiger partial charge in [0.1, 0.15) is 61.0 Å². The van der Waals surface area contributed by atoms with Crippen molar-refractivity contribution in [2.75, 3.05) is 19.8 Å². The number of hydrogen-bond acceptors (Lipinski definition) is 15. The molecule has 0 spiro atoms. The molecule has 2 saturated heterocycles. The number of carbonyl (C=O) groups is 1. The smallest absolute Gasteiger partial charge is 0.249 e. The molecule has 11 N–H and O–H groups in total. The summed E-state index contributed by atoms with van der Waals surface area (Å²) in [5.74, 6) is -0.775. The third kappa shape index (κ3) is 24.2. The van der Waals surface area contributed by atoms with Crippen LogP contribution in [0.5, 0.6) is 0 Å². The molecule has 16 heteroatoms. The minimum Gasteiger partial charge on any atom is -0.394 e. The number of aliphatic hydroxyl groups is 10. The van der Waals surface area contributed by atoms with Crippen molar-refractivity contribution in [1.29, 1.82) is 0 Å². The highest BCUT2D eigenvalue weighted by Crippen LogP contribution is 2.30. The summed E-state index contributed by atoms with van der Waals surface area (Å²) in [6.07, 6.45) is 12.2. The van der Waals surface area contributed by atoms with Crippen LogP contribution in [-0.2, 0) is 23.7 Å². The van der Waals surface area contributed by atoms with E-state index in [-0.39, 0.29) is 12.8 Å². The van der Waals surface area contributed by atoms with E-state index >= 15 is 0 Å². The minimum atomic E-state index is -1.87. The zero-order chi connectivity index (χ0) is 48.5. The van der Waals surface area contributed by atoms with Gasteiger partial charge in [0.25, 0.3) is 0 Å². The molecule has 66 heavy (non-hydrogen) atoms. The fourth-order valence-electron chi connectivity index (χ4n) is 9.02. The molecule has 1 amide bonds. The van der Waals surface area contributed by atoms with Crippen molar-refractivity contribution in [2.24, 2.45) is 0 Å². The Bertz CT molecular complexity index is 1160. The van der Waals surface area contributed by atoms with Crippen LogP contribution in [0.3, 0.4) is 0 Å². The van der Waals surface area contributed by atoms with Crippen molar-refractivity contribution in [2.45, 2.75) is 292 Å². The second kappa shape index (κ2) is 37.7. The van der Waals surface area contributed by atoms with Gasteiger partial charge >= 0.3 is 0 Å². The first-order valence-electron chi connectivity index (χ1n) is 26.5. The SMILES string of the molecule is CCCCCCCCCCCCCCCCCCCC[C@@H](O)C(=O)N[C@@H](CO[C@H]1O[C@H](CO)[C@H](O)[C@H](O)[C@H]1O[C@H]1O[C@H](CO)[C@H](O)[C@H](O)[C@H]1O)[C@H](O)[C@H](O)CCCCCCCCCCCC. The van der Waals surface area contributed by atoms with Crippen molar-refractivity contribution < 1.29 is 74.8 Å². The Hall–Kier alpha value is -1.09. The number of aliphatic hydroxyl groups excluding tert-OH is 10. The van der Waals surface area contributed by atoms with Gasteiger partial charge in [0.05, 0.1) is 32.0 Å². The molecule has 2 aliphatic heterocycles. The third-order valence-corrected chi connectivity index (χ3v) is 13.5. The summed E-state index contributed by atoms with van der Waals surface area (Å²) >= 11 is 0. The van der Waals surface area contributed by atoms with Crippen molar-refractivity contribution in [3.8, 4) is 0 Å². The lowest BCUT2D eigenvalue weighted by Crippen LogP contribution is -2.65. The van der Waals surface area contributed by atoms with Crippen LogP contribution < -0.4 is 5.32 Å². The summed E-state index contributed by atoms with van der Waals surface area (Å²) in [7, 11) is 0. The summed E-state index contributed by atoms with van der Waals surface area (Å²) in [4.78, 5) is 13.4. The van der Waals surface area contributed by atoms with E-state index in [0.717, 1.165) is 51.4 Å². The molecule has 14 atom stereocenters. The number of unbranched alkanes of at least 4 members (excludes halogenated alkanes) is 26. The molecule has 2 aliphatic rings. The van der Waals surface area contributed by atoms with E-state index in [9.17, 15) is 55.9 Å². The average Bonchev–Trinajstić information content (AvgIpc) is 3.31.